The molecule has 8 atom stereocenters. The highest BCUT2D eigenvalue weighted by Gasteiger charge is 2.68. The van der Waals surface area contributed by atoms with Gasteiger partial charge in [-0.3, -0.25) is 9.59 Å². The van der Waals surface area contributed by atoms with Crippen molar-refractivity contribution < 1.29 is 14.3 Å². The summed E-state index contributed by atoms with van der Waals surface area (Å²) in [4.78, 5) is 26.1. The lowest BCUT2D eigenvalue weighted by Gasteiger charge is -2.69. The Morgan fingerprint density at radius 2 is 1.73 bits per heavy atom. The second kappa shape index (κ2) is 7.08. The van der Waals surface area contributed by atoms with E-state index in [0.29, 0.717) is 29.5 Å². The van der Waals surface area contributed by atoms with Crippen LogP contribution in [0.5, 0.6) is 0 Å². The number of allylic oxidation sites excluding steroid dienone is 4. The highest BCUT2D eigenvalue weighted by atomic mass is 16.5. The van der Waals surface area contributed by atoms with Crippen LogP contribution in [0.25, 0.3) is 0 Å². The summed E-state index contributed by atoms with van der Waals surface area (Å²) in [6.45, 7) is 14.2. The Morgan fingerprint density at radius 1 is 1.00 bits per heavy atom. The lowest BCUT2D eigenvalue weighted by Crippen LogP contribution is -2.64. The van der Waals surface area contributed by atoms with Crippen LogP contribution in [-0.4, -0.2) is 18.9 Å². The van der Waals surface area contributed by atoms with Crippen LogP contribution < -0.4 is 0 Å². The van der Waals surface area contributed by atoms with E-state index >= 15 is 0 Å². The summed E-state index contributed by atoms with van der Waals surface area (Å²) < 4.78 is 5.46. The first-order chi connectivity index (χ1) is 15.4. The van der Waals surface area contributed by atoms with Crippen LogP contribution in [0.3, 0.4) is 0 Å². The molecule has 0 heterocycles. The summed E-state index contributed by atoms with van der Waals surface area (Å²) in [5, 5.41) is 0. The molecule has 0 spiro atoms. The molecule has 3 heteroatoms. The molecule has 3 fully saturated rings. The molecule has 0 bridgehead atoms. The van der Waals surface area contributed by atoms with Crippen LogP contribution >= 0.6 is 0 Å². The zero-order chi connectivity index (χ0) is 24.0. The highest BCUT2D eigenvalue weighted by Crippen LogP contribution is 2.74. The van der Waals surface area contributed by atoms with Crippen molar-refractivity contribution in [1.29, 1.82) is 0 Å². The van der Waals surface area contributed by atoms with Gasteiger partial charge < -0.3 is 4.74 Å². The molecule has 0 aliphatic heterocycles. The van der Waals surface area contributed by atoms with Crippen molar-refractivity contribution in [2.75, 3.05) is 7.11 Å². The topological polar surface area (TPSA) is 43.4 Å². The lowest BCUT2D eigenvalue weighted by molar-refractivity contribution is -0.176. The summed E-state index contributed by atoms with van der Waals surface area (Å²) in [5.74, 6) is 2.06. The number of ketones is 1. The van der Waals surface area contributed by atoms with Crippen LogP contribution in [0.4, 0.5) is 0 Å². The van der Waals surface area contributed by atoms with Crippen LogP contribution in [0.15, 0.2) is 23.8 Å². The van der Waals surface area contributed by atoms with Crippen LogP contribution in [0.1, 0.15) is 92.9 Å². The van der Waals surface area contributed by atoms with E-state index in [1.807, 2.05) is 6.08 Å². The number of fused-ring (bicyclic) bond motifs is 7. The number of ether oxygens (including phenoxy) is 1. The molecule has 0 radical (unpaired) electrons. The van der Waals surface area contributed by atoms with E-state index in [2.05, 4.69) is 53.7 Å². The molecular weight excluding hydrogens is 408 g/mol. The van der Waals surface area contributed by atoms with E-state index in [4.69, 9.17) is 4.74 Å². The lowest BCUT2D eigenvalue weighted by atomic mass is 9.34. The molecule has 0 saturated heterocycles. The summed E-state index contributed by atoms with van der Waals surface area (Å²) in [5.41, 5.74) is 1.24. The maximum Gasteiger partial charge on any atom is 0.312 e. The SMILES string of the molecule is COC(=O)[C@]12CCC[C@H](C)[C@H]1C1=CCC3[C@@]4(C)C=CC(=O)C(C)(C)C4CC[C@@]3(C)[C@]1(C)CC2. The average molecular weight is 453 g/mol. The van der Waals surface area contributed by atoms with Gasteiger partial charge in [0.15, 0.2) is 5.78 Å². The molecule has 5 aliphatic carbocycles. The van der Waals surface area contributed by atoms with Crippen molar-refractivity contribution in [2.24, 2.45) is 50.7 Å². The first-order valence-corrected chi connectivity index (χ1v) is 13.4. The predicted molar refractivity (Wildman–Crippen MR) is 131 cm³/mol. The van der Waals surface area contributed by atoms with Crippen LogP contribution in [0.2, 0.25) is 0 Å². The van der Waals surface area contributed by atoms with E-state index in [0.717, 1.165) is 38.5 Å². The number of carbonyl (C=O) groups excluding carboxylic acids is 2. The normalized spacial score (nSPS) is 50.3. The van der Waals surface area contributed by atoms with Gasteiger partial charge in [0, 0.05) is 5.41 Å². The first-order valence-electron chi connectivity index (χ1n) is 13.4. The number of hydrogen-bond acceptors (Lipinski definition) is 3. The Morgan fingerprint density at radius 3 is 2.42 bits per heavy atom. The molecule has 3 saturated carbocycles. The molecular formula is C30H44O3. The largest absolute Gasteiger partial charge is 0.469 e. The molecule has 0 amide bonds. The number of carbonyl (C=O) groups is 2. The molecule has 5 rings (SSSR count). The van der Waals surface area contributed by atoms with Gasteiger partial charge in [-0.05, 0) is 84.5 Å². The third-order valence-corrected chi connectivity index (χ3v) is 12.2. The summed E-state index contributed by atoms with van der Waals surface area (Å²) in [6.07, 6.45) is 15.4. The van der Waals surface area contributed by atoms with Crippen molar-refractivity contribution >= 4 is 11.8 Å². The van der Waals surface area contributed by atoms with Gasteiger partial charge in [-0.25, -0.2) is 0 Å². The van der Waals surface area contributed by atoms with Gasteiger partial charge in [0.05, 0.1) is 12.5 Å². The van der Waals surface area contributed by atoms with Gasteiger partial charge in [0.25, 0.3) is 0 Å². The molecule has 0 N–H and O–H groups in total. The van der Waals surface area contributed by atoms with Crippen molar-refractivity contribution in [3.05, 3.63) is 23.8 Å². The van der Waals surface area contributed by atoms with E-state index < -0.39 is 0 Å². The second-order valence-electron chi connectivity index (χ2n) is 13.6. The van der Waals surface area contributed by atoms with Crippen molar-refractivity contribution in [3.63, 3.8) is 0 Å². The summed E-state index contributed by atoms with van der Waals surface area (Å²) in [7, 11) is 1.58. The standard InChI is InChI=1S/C30H44O3/c1-19-9-8-14-30(25(32)33-7)18-17-28(5)20(24(19)30)10-11-22-27(4)15-13-23(31)26(2,3)21(27)12-16-29(22,28)6/h10,13,15,19,21-22,24H,8-9,11-12,14,16-18H2,1-7H3/t19-,21?,22?,24-,27-,28+,29+,30-/m0/s1. The Kier molecular flexibility index (Phi) is 5.01. The number of methoxy groups -OCH3 is 1. The summed E-state index contributed by atoms with van der Waals surface area (Å²) >= 11 is 0. The zero-order valence-electron chi connectivity index (χ0n) is 21.9. The van der Waals surface area contributed by atoms with Gasteiger partial charge in [0.2, 0.25) is 0 Å². The minimum absolute atomic E-state index is 0.0282. The quantitative estimate of drug-likeness (QED) is 0.320. The van der Waals surface area contributed by atoms with Gasteiger partial charge >= 0.3 is 5.97 Å². The van der Waals surface area contributed by atoms with Gasteiger partial charge in [0.1, 0.15) is 0 Å². The first kappa shape index (κ1) is 23.4. The molecule has 2 unspecified atom stereocenters. The Labute approximate surface area is 200 Å². The second-order valence-corrected chi connectivity index (χ2v) is 13.6. The molecule has 182 valence electrons. The van der Waals surface area contributed by atoms with Crippen molar-refractivity contribution in [2.45, 2.75) is 92.9 Å². The van der Waals surface area contributed by atoms with E-state index in [-0.39, 0.29) is 33.0 Å². The highest BCUT2D eigenvalue weighted by molar-refractivity contribution is 5.95. The number of hydrogen-bond donors (Lipinski definition) is 0. The minimum Gasteiger partial charge on any atom is -0.469 e. The Bertz CT molecular complexity index is 942. The fourth-order valence-electron chi connectivity index (χ4n) is 10.2. The third-order valence-electron chi connectivity index (χ3n) is 12.2. The predicted octanol–water partition coefficient (Wildman–Crippen LogP) is 6.92. The van der Waals surface area contributed by atoms with Crippen LogP contribution in [0, 0.1) is 50.7 Å². The molecule has 5 aliphatic rings. The van der Waals surface area contributed by atoms with Crippen molar-refractivity contribution in [3.8, 4) is 0 Å². The van der Waals surface area contributed by atoms with E-state index in [1.165, 1.54) is 12.8 Å². The molecule has 0 aromatic carbocycles. The van der Waals surface area contributed by atoms with Gasteiger partial charge in [-0.2, -0.15) is 0 Å². The minimum atomic E-state index is -0.332. The summed E-state index contributed by atoms with van der Waals surface area (Å²) in [6, 6.07) is 0. The van der Waals surface area contributed by atoms with E-state index in [9.17, 15) is 9.59 Å². The Hall–Kier alpha value is -1.38. The molecule has 3 nitrogen and oxygen atoms in total. The average Bonchev–Trinajstić information content (AvgIpc) is 2.76. The molecule has 0 aromatic heterocycles. The number of rotatable bonds is 1. The fraction of sp³-hybridized carbons (Fsp3) is 0.800. The third kappa shape index (κ3) is 2.69. The van der Waals surface area contributed by atoms with Crippen LogP contribution in [-0.2, 0) is 14.3 Å². The Balaban J connectivity index is 1.63. The van der Waals surface area contributed by atoms with E-state index in [1.54, 1.807) is 12.7 Å². The number of esters is 1. The maximum absolute atomic E-state index is 13.3. The monoisotopic (exact) mass is 452 g/mol. The maximum atomic E-state index is 13.3. The molecule has 33 heavy (non-hydrogen) atoms. The van der Waals surface area contributed by atoms with Gasteiger partial charge in [-0.15, -0.1) is 0 Å². The zero-order valence-corrected chi connectivity index (χ0v) is 21.9. The molecule has 0 aromatic rings. The fourth-order valence-corrected chi connectivity index (χ4v) is 10.2. The van der Waals surface area contributed by atoms with Crippen molar-refractivity contribution in [1.82, 2.24) is 0 Å². The van der Waals surface area contributed by atoms with Gasteiger partial charge in [-0.1, -0.05) is 72.1 Å². The smallest absolute Gasteiger partial charge is 0.312 e.